The third-order valence-electron chi connectivity index (χ3n) is 6.25. The second-order valence-corrected chi connectivity index (χ2v) is 12.5. The molecule has 2 heteroatoms. The first-order valence-corrected chi connectivity index (χ1v) is 12.2. The normalized spacial score (nSPS) is 17.3. The summed E-state index contributed by atoms with van der Waals surface area (Å²) in [6.45, 7) is 16.7. The van der Waals surface area contributed by atoms with Gasteiger partial charge in [-0.1, -0.05) is 0 Å². The number of benzene rings is 2. The van der Waals surface area contributed by atoms with Gasteiger partial charge in [-0.05, 0) is 0 Å². The molecule has 2 aromatic carbocycles. The Balaban J connectivity index is 1.96. The van der Waals surface area contributed by atoms with Gasteiger partial charge in [0.1, 0.15) is 0 Å². The van der Waals surface area contributed by atoms with Crippen molar-refractivity contribution >= 4 is 19.4 Å². The average molecular weight is 454 g/mol. The van der Waals surface area contributed by atoms with Gasteiger partial charge >= 0.3 is 184 Å². The predicted molar refractivity (Wildman–Crippen MR) is 125 cm³/mol. The van der Waals surface area contributed by atoms with Crippen molar-refractivity contribution in [1.29, 1.82) is 0 Å². The van der Waals surface area contributed by atoms with Gasteiger partial charge in [0.15, 0.2) is 0 Å². The van der Waals surface area contributed by atoms with E-state index < -0.39 is 0 Å². The van der Waals surface area contributed by atoms with Gasteiger partial charge in [-0.3, -0.25) is 0 Å². The fraction of sp³-hybridized carbons (Fsp3) is 0.481. The van der Waals surface area contributed by atoms with E-state index in [0.29, 0.717) is 6.61 Å². The molecule has 1 nitrogen and oxygen atoms in total. The maximum atomic E-state index is 6.47. The van der Waals surface area contributed by atoms with Crippen molar-refractivity contribution in [2.45, 2.75) is 84.2 Å². The van der Waals surface area contributed by atoms with Gasteiger partial charge in [-0.25, -0.2) is 0 Å². The Morgan fingerprint density at radius 1 is 1.00 bits per heavy atom. The SMILES string of the molecule is C#C[Se]c1cc(OCc2ccc(C(C)(C)C)cc2)c2c(c1)C(C)(C)CCC2(C)C. The third kappa shape index (κ3) is 4.74. The molecular weight excluding hydrogens is 419 g/mol. The molecule has 2 aromatic rings. The minimum atomic E-state index is 0.0408. The molecule has 0 heterocycles. The molecule has 0 amide bonds. The topological polar surface area (TPSA) is 9.23 Å². The average Bonchev–Trinajstić information content (AvgIpc) is 2.63. The molecule has 29 heavy (non-hydrogen) atoms. The summed E-state index contributed by atoms with van der Waals surface area (Å²) in [5.74, 6) is 1.02. The van der Waals surface area contributed by atoms with Crippen LogP contribution in [0.15, 0.2) is 36.4 Å². The van der Waals surface area contributed by atoms with Gasteiger partial charge in [0.25, 0.3) is 0 Å². The molecule has 0 saturated heterocycles. The molecule has 0 fully saturated rings. The Morgan fingerprint density at radius 3 is 2.21 bits per heavy atom. The fourth-order valence-electron chi connectivity index (χ4n) is 4.21. The van der Waals surface area contributed by atoms with Gasteiger partial charge in [-0.2, -0.15) is 0 Å². The van der Waals surface area contributed by atoms with Gasteiger partial charge < -0.3 is 0 Å². The zero-order valence-corrected chi connectivity index (χ0v) is 20.7. The van der Waals surface area contributed by atoms with Gasteiger partial charge in [-0.15, -0.1) is 0 Å². The number of ether oxygens (including phenoxy) is 1. The van der Waals surface area contributed by atoms with Crippen LogP contribution < -0.4 is 9.20 Å². The van der Waals surface area contributed by atoms with Crippen LogP contribution >= 0.6 is 0 Å². The summed E-state index contributed by atoms with van der Waals surface area (Å²) in [5.41, 5.74) is 5.76. The van der Waals surface area contributed by atoms with Crippen LogP contribution in [-0.4, -0.2) is 15.0 Å². The van der Waals surface area contributed by atoms with Crippen molar-refractivity contribution in [2.24, 2.45) is 0 Å². The zero-order valence-electron chi connectivity index (χ0n) is 19.0. The van der Waals surface area contributed by atoms with Crippen LogP contribution in [0.2, 0.25) is 0 Å². The summed E-state index contributed by atoms with van der Waals surface area (Å²) in [7, 11) is 0. The van der Waals surface area contributed by atoms with Crippen molar-refractivity contribution in [2.75, 3.05) is 0 Å². The van der Waals surface area contributed by atoms with Crippen LogP contribution in [0.3, 0.4) is 0 Å². The molecule has 0 N–H and O–H groups in total. The Kier molecular flexibility index (Phi) is 5.97. The van der Waals surface area contributed by atoms with Crippen LogP contribution in [0.5, 0.6) is 5.75 Å². The van der Waals surface area contributed by atoms with Crippen molar-refractivity contribution < 1.29 is 4.74 Å². The Bertz CT molecular complexity index is 921. The van der Waals surface area contributed by atoms with Crippen LogP contribution in [0.25, 0.3) is 0 Å². The second kappa shape index (κ2) is 7.86. The van der Waals surface area contributed by atoms with Gasteiger partial charge in [0.05, 0.1) is 0 Å². The summed E-state index contributed by atoms with van der Waals surface area (Å²) < 4.78 is 7.71. The van der Waals surface area contributed by atoms with E-state index in [1.54, 1.807) is 0 Å². The minimum absolute atomic E-state index is 0.0408. The first kappa shape index (κ1) is 22.0. The molecule has 0 aromatic heterocycles. The quantitative estimate of drug-likeness (QED) is 0.418. The van der Waals surface area contributed by atoms with E-state index in [2.05, 4.69) is 89.7 Å². The summed E-state index contributed by atoms with van der Waals surface area (Å²) in [6.07, 6.45) is 8.02. The molecule has 1 aliphatic carbocycles. The number of terminal acetylenes is 1. The molecule has 1 aliphatic rings. The van der Waals surface area contributed by atoms with Crippen molar-refractivity contribution in [3.8, 4) is 17.0 Å². The van der Waals surface area contributed by atoms with Crippen molar-refractivity contribution in [3.05, 3.63) is 58.7 Å². The van der Waals surface area contributed by atoms with Crippen molar-refractivity contribution in [3.63, 3.8) is 0 Å². The zero-order chi connectivity index (χ0) is 21.4. The Hall–Kier alpha value is -1.68. The van der Waals surface area contributed by atoms with Crippen LogP contribution in [0.4, 0.5) is 0 Å². The fourth-order valence-corrected chi connectivity index (χ4v) is 5.21. The summed E-state index contributed by atoms with van der Waals surface area (Å²) in [5, 5.41) is 0. The summed E-state index contributed by atoms with van der Waals surface area (Å²) in [6, 6.07) is 13.4. The first-order valence-electron chi connectivity index (χ1n) is 10.5. The molecule has 0 bridgehead atoms. The molecule has 0 radical (unpaired) electrons. The van der Waals surface area contributed by atoms with Crippen molar-refractivity contribution in [1.82, 2.24) is 0 Å². The summed E-state index contributed by atoms with van der Waals surface area (Å²) in [4.78, 5) is 2.87. The molecule has 0 aliphatic heterocycles. The van der Waals surface area contributed by atoms with E-state index in [9.17, 15) is 0 Å². The van der Waals surface area contributed by atoms with Crippen LogP contribution in [0, 0.1) is 11.2 Å². The monoisotopic (exact) mass is 454 g/mol. The number of hydrogen-bond donors (Lipinski definition) is 0. The van der Waals surface area contributed by atoms with E-state index in [0.717, 1.165) is 5.75 Å². The first-order chi connectivity index (χ1) is 13.4. The van der Waals surface area contributed by atoms with Gasteiger partial charge in [0.2, 0.25) is 0 Å². The summed E-state index contributed by atoms with van der Waals surface area (Å²) >= 11 is 0.0408. The molecular formula is C27H34OSe. The van der Waals surface area contributed by atoms with E-state index in [1.807, 2.05) is 0 Å². The van der Waals surface area contributed by atoms with E-state index in [1.165, 1.54) is 39.6 Å². The predicted octanol–water partition coefficient (Wildman–Crippen LogP) is 5.83. The Morgan fingerprint density at radius 2 is 1.62 bits per heavy atom. The number of rotatable bonds is 4. The Labute approximate surface area is 183 Å². The molecule has 0 spiro atoms. The van der Waals surface area contributed by atoms with Crippen LogP contribution in [-0.2, 0) is 22.9 Å². The number of fused-ring (bicyclic) bond motifs is 1. The standard InChI is InChI=1S/C27H34OSe/c1-9-29-21-16-22-24(27(7,8)15-14-26(22,5)6)23(17-21)28-18-19-10-12-20(13-11-19)25(2,3)4/h1,10-13,16-17H,14-15,18H2,2-8H3. The molecule has 0 unspecified atom stereocenters. The van der Waals surface area contributed by atoms with E-state index in [-0.39, 0.29) is 31.2 Å². The molecule has 0 atom stereocenters. The van der Waals surface area contributed by atoms with E-state index in [4.69, 9.17) is 11.2 Å². The van der Waals surface area contributed by atoms with E-state index >= 15 is 0 Å². The van der Waals surface area contributed by atoms with Gasteiger partial charge in [0, 0.05) is 0 Å². The maximum absolute atomic E-state index is 6.47. The third-order valence-corrected chi connectivity index (χ3v) is 7.48. The number of hydrogen-bond acceptors (Lipinski definition) is 1. The molecule has 154 valence electrons. The van der Waals surface area contributed by atoms with Crippen LogP contribution in [0.1, 0.15) is 83.6 Å². The molecule has 3 rings (SSSR count). The molecule has 0 saturated carbocycles. The second-order valence-electron chi connectivity index (χ2n) is 10.6.